The molecule has 0 rings (SSSR count). The van der Waals surface area contributed by atoms with Crippen LogP contribution in [0.5, 0.6) is 0 Å². The third-order valence-electron chi connectivity index (χ3n) is 1.20. The van der Waals surface area contributed by atoms with Crippen LogP contribution in [0.2, 0.25) is 0 Å². The lowest BCUT2D eigenvalue weighted by Crippen LogP contribution is -2.01. The van der Waals surface area contributed by atoms with Crippen molar-refractivity contribution in [1.82, 2.24) is 0 Å². The summed E-state index contributed by atoms with van der Waals surface area (Å²) < 4.78 is 9.38. The van der Waals surface area contributed by atoms with E-state index in [4.69, 9.17) is 9.84 Å². The van der Waals surface area contributed by atoms with E-state index in [-0.39, 0.29) is 12.6 Å². The molecule has 0 aromatic carbocycles. The first-order valence-electron chi connectivity index (χ1n) is 5.07. The topological polar surface area (TPSA) is 55.8 Å². The van der Waals surface area contributed by atoms with Crippen molar-refractivity contribution in [3.63, 3.8) is 0 Å². The fourth-order valence-electron chi connectivity index (χ4n) is 0.646. The van der Waals surface area contributed by atoms with Crippen LogP contribution in [0.4, 0.5) is 0 Å². The van der Waals surface area contributed by atoms with Gasteiger partial charge < -0.3 is 14.6 Å². The summed E-state index contributed by atoms with van der Waals surface area (Å²) in [7, 11) is 0. The first-order valence-corrected chi connectivity index (χ1v) is 5.07. The zero-order valence-electron chi connectivity index (χ0n) is 9.41. The molecule has 0 aliphatic heterocycles. The maximum Gasteiger partial charge on any atom is 0.305 e. The summed E-state index contributed by atoms with van der Waals surface area (Å²) >= 11 is 0. The zero-order chi connectivity index (χ0) is 11.2. The zero-order valence-corrected chi connectivity index (χ0v) is 9.41. The van der Waals surface area contributed by atoms with Crippen LogP contribution in [0.15, 0.2) is 0 Å². The molecule has 0 radical (unpaired) electrons. The lowest BCUT2D eigenvalue weighted by Gasteiger charge is -1.96. The molecule has 4 heteroatoms. The van der Waals surface area contributed by atoms with Gasteiger partial charge in [-0.3, -0.25) is 4.79 Å². The van der Waals surface area contributed by atoms with Crippen LogP contribution < -0.4 is 0 Å². The minimum Gasteiger partial charge on any atom is -0.466 e. The van der Waals surface area contributed by atoms with Gasteiger partial charge in [-0.15, -0.1) is 0 Å². The molecule has 0 aromatic rings. The third-order valence-corrected chi connectivity index (χ3v) is 1.20. The Kier molecular flexibility index (Phi) is 16.9. The summed E-state index contributed by atoms with van der Waals surface area (Å²) in [6, 6.07) is 0. The highest BCUT2D eigenvalue weighted by Crippen LogP contribution is 1.89. The Morgan fingerprint density at radius 2 is 1.86 bits per heavy atom. The highest BCUT2D eigenvalue weighted by Gasteiger charge is 1.95. The summed E-state index contributed by atoms with van der Waals surface area (Å²) in [5.41, 5.74) is 0. The Balaban J connectivity index is 0. The van der Waals surface area contributed by atoms with E-state index in [1.807, 2.05) is 20.8 Å². The molecule has 4 nitrogen and oxygen atoms in total. The number of aliphatic hydroxyl groups excluding tert-OH is 1. The van der Waals surface area contributed by atoms with Gasteiger partial charge in [0.15, 0.2) is 0 Å². The standard InChI is InChI=1S/C6H12O2.C4H10O2/c1-3-5-6(7)8-4-2;1-2-6-4-3-5/h3-5H2,1-2H3;5H,2-4H2,1H3. The lowest BCUT2D eigenvalue weighted by molar-refractivity contribution is -0.143. The van der Waals surface area contributed by atoms with Crippen molar-refractivity contribution in [2.24, 2.45) is 0 Å². The number of ether oxygens (including phenoxy) is 2. The van der Waals surface area contributed by atoms with Crippen LogP contribution in [-0.2, 0) is 14.3 Å². The highest BCUT2D eigenvalue weighted by molar-refractivity contribution is 5.69. The number of carbonyl (C=O) groups is 1. The number of esters is 1. The number of carbonyl (C=O) groups excluding carboxylic acids is 1. The van der Waals surface area contributed by atoms with Crippen molar-refractivity contribution in [3.8, 4) is 0 Å². The Labute approximate surface area is 86.2 Å². The second kappa shape index (κ2) is 14.9. The molecule has 0 saturated carbocycles. The van der Waals surface area contributed by atoms with Crippen LogP contribution >= 0.6 is 0 Å². The SMILES string of the molecule is CCCC(=O)OCC.CCOCCO. The molecule has 0 amide bonds. The quantitative estimate of drug-likeness (QED) is 0.526. The van der Waals surface area contributed by atoms with Crippen molar-refractivity contribution < 1.29 is 19.4 Å². The van der Waals surface area contributed by atoms with Gasteiger partial charge in [-0.1, -0.05) is 6.92 Å². The van der Waals surface area contributed by atoms with Crippen molar-refractivity contribution in [3.05, 3.63) is 0 Å². The molecule has 0 saturated heterocycles. The second-order valence-corrected chi connectivity index (χ2v) is 2.48. The van der Waals surface area contributed by atoms with E-state index in [9.17, 15) is 4.79 Å². The monoisotopic (exact) mass is 206 g/mol. The molecule has 86 valence electrons. The predicted octanol–water partition coefficient (Wildman–Crippen LogP) is 1.36. The molecular formula is C10H22O4. The molecule has 0 fully saturated rings. The maximum absolute atomic E-state index is 10.4. The van der Waals surface area contributed by atoms with Gasteiger partial charge in [-0.05, 0) is 20.3 Å². The molecule has 0 unspecified atom stereocenters. The van der Waals surface area contributed by atoms with E-state index in [2.05, 4.69) is 4.74 Å². The molecule has 0 aliphatic rings. The summed E-state index contributed by atoms with van der Waals surface area (Å²) in [5.74, 6) is -0.0880. The smallest absolute Gasteiger partial charge is 0.305 e. The van der Waals surface area contributed by atoms with Gasteiger partial charge in [0.05, 0.1) is 19.8 Å². The molecule has 1 N–H and O–H groups in total. The van der Waals surface area contributed by atoms with Gasteiger partial charge in [-0.25, -0.2) is 0 Å². The molecule has 14 heavy (non-hydrogen) atoms. The van der Waals surface area contributed by atoms with E-state index >= 15 is 0 Å². The maximum atomic E-state index is 10.4. The summed E-state index contributed by atoms with van der Waals surface area (Å²) in [6.45, 7) is 7.46. The predicted molar refractivity (Wildman–Crippen MR) is 55.1 cm³/mol. The molecule has 0 atom stereocenters. The van der Waals surface area contributed by atoms with Crippen LogP contribution in [0.25, 0.3) is 0 Å². The van der Waals surface area contributed by atoms with Crippen molar-refractivity contribution >= 4 is 5.97 Å². The lowest BCUT2D eigenvalue weighted by atomic mass is 10.3. The molecule has 0 aromatic heterocycles. The number of rotatable bonds is 6. The summed E-state index contributed by atoms with van der Waals surface area (Å²) in [4.78, 5) is 10.4. The van der Waals surface area contributed by atoms with Crippen molar-refractivity contribution in [2.45, 2.75) is 33.6 Å². The van der Waals surface area contributed by atoms with Gasteiger partial charge in [-0.2, -0.15) is 0 Å². The second-order valence-electron chi connectivity index (χ2n) is 2.48. The van der Waals surface area contributed by atoms with Gasteiger partial charge >= 0.3 is 5.97 Å². The molecule has 0 aliphatic carbocycles. The summed E-state index contributed by atoms with van der Waals surface area (Å²) in [5, 5.41) is 8.07. The van der Waals surface area contributed by atoms with Crippen LogP contribution in [0.1, 0.15) is 33.6 Å². The van der Waals surface area contributed by atoms with Crippen molar-refractivity contribution in [1.29, 1.82) is 0 Å². The van der Waals surface area contributed by atoms with Gasteiger partial charge in [0.2, 0.25) is 0 Å². The van der Waals surface area contributed by atoms with Crippen LogP contribution in [0.3, 0.4) is 0 Å². The molecule has 0 heterocycles. The first kappa shape index (κ1) is 15.8. The van der Waals surface area contributed by atoms with Gasteiger partial charge in [0.25, 0.3) is 0 Å². The van der Waals surface area contributed by atoms with E-state index in [1.54, 1.807) is 0 Å². The Bertz CT molecular complexity index is 103. The fourth-order valence-corrected chi connectivity index (χ4v) is 0.646. The average molecular weight is 206 g/mol. The van der Waals surface area contributed by atoms with Crippen LogP contribution in [-0.4, -0.2) is 37.5 Å². The largest absolute Gasteiger partial charge is 0.466 e. The molecular weight excluding hydrogens is 184 g/mol. The van der Waals surface area contributed by atoms with Gasteiger partial charge in [0.1, 0.15) is 0 Å². The van der Waals surface area contributed by atoms with E-state index < -0.39 is 0 Å². The Morgan fingerprint density at radius 1 is 1.21 bits per heavy atom. The number of hydrogen-bond donors (Lipinski definition) is 1. The molecule has 0 bridgehead atoms. The first-order chi connectivity index (χ1) is 6.72. The van der Waals surface area contributed by atoms with Gasteiger partial charge in [0, 0.05) is 13.0 Å². The van der Waals surface area contributed by atoms with E-state index in [1.165, 1.54) is 0 Å². The third kappa shape index (κ3) is 17.5. The Hall–Kier alpha value is -0.610. The highest BCUT2D eigenvalue weighted by atomic mass is 16.5. The fraction of sp³-hybridized carbons (Fsp3) is 0.900. The van der Waals surface area contributed by atoms with E-state index in [0.717, 1.165) is 6.42 Å². The van der Waals surface area contributed by atoms with E-state index in [0.29, 0.717) is 26.2 Å². The number of aliphatic hydroxyl groups is 1. The Morgan fingerprint density at radius 3 is 2.14 bits per heavy atom. The minimum absolute atomic E-state index is 0.0880. The van der Waals surface area contributed by atoms with Crippen molar-refractivity contribution in [2.75, 3.05) is 26.4 Å². The summed E-state index contributed by atoms with van der Waals surface area (Å²) in [6.07, 6.45) is 1.42. The normalized spacial score (nSPS) is 8.86. The number of hydrogen-bond acceptors (Lipinski definition) is 4. The van der Waals surface area contributed by atoms with Crippen LogP contribution in [0, 0.1) is 0 Å². The average Bonchev–Trinajstić information content (AvgIpc) is 2.16. The minimum atomic E-state index is -0.0880. The molecule has 0 spiro atoms.